The highest BCUT2D eigenvalue weighted by Gasteiger charge is 2.36. The predicted octanol–water partition coefficient (Wildman–Crippen LogP) is 3.27. The van der Waals surface area contributed by atoms with Gasteiger partial charge in [0, 0.05) is 19.8 Å². The molecular formula is C18H23N3O2S. The Hall–Kier alpha value is -1.92. The van der Waals surface area contributed by atoms with Crippen molar-refractivity contribution in [3.63, 3.8) is 0 Å². The molecule has 1 saturated heterocycles. The molecule has 0 bridgehead atoms. The van der Waals surface area contributed by atoms with Gasteiger partial charge in [-0.3, -0.25) is 0 Å². The summed E-state index contributed by atoms with van der Waals surface area (Å²) in [5.41, 5.74) is 3.10. The number of benzene rings is 1. The summed E-state index contributed by atoms with van der Waals surface area (Å²) in [6.07, 6.45) is 3.49. The number of nitrogens with one attached hydrogen (secondary N) is 1. The summed E-state index contributed by atoms with van der Waals surface area (Å²) in [7, 11) is -1.67. The van der Waals surface area contributed by atoms with Crippen LogP contribution in [0.15, 0.2) is 41.4 Å². The summed E-state index contributed by atoms with van der Waals surface area (Å²) in [4.78, 5) is 4.73. The molecule has 2 heterocycles. The first-order chi connectivity index (χ1) is 11.4. The fourth-order valence-corrected chi connectivity index (χ4v) is 4.91. The number of anilines is 1. The van der Waals surface area contributed by atoms with Gasteiger partial charge in [0.25, 0.3) is 0 Å². The molecule has 1 N–H and O–H groups in total. The van der Waals surface area contributed by atoms with Crippen molar-refractivity contribution in [2.45, 2.75) is 37.6 Å². The molecule has 1 atom stereocenters. The van der Waals surface area contributed by atoms with Gasteiger partial charge in [-0.1, -0.05) is 17.7 Å². The molecule has 3 rings (SSSR count). The fourth-order valence-electron chi connectivity index (χ4n) is 3.24. The van der Waals surface area contributed by atoms with Crippen molar-refractivity contribution in [3.8, 4) is 0 Å². The van der Waals surface area contributed by atoms with Crippen LogP contribution in [0.5, 0.6) is 0 Å². The SMILES string of the molecule is CNc1cc(C)c([C@H]2CCCN2S(=O)(=O)c2ccc(C)cc2)cn1. The minimum absolute atomic E-state index is 0.144. The van der Waals surface area contributed by atoms with Gasteiger partial charge in [-0.2, -0.15) is 4.31 Å². The van der Waals surface area contributed by atoms with Crippen LogP contribution in [0.2, 0.25) is 0 Å². The van der Waals surface area contributed by atoms with Crippen molar-refractivity contribution in [2.24, 2.45) is 0 Å². The zero-order valence-electron chi connectivity index (χ0n) is 14.3. The monoisotopic (exact) mass is 345 g/mol. The lowest BCUT2D eigenvalue weighted by Crippen LogP contribution is -2.31. The first-order valence-corrected chi connectivity index (χ1v) is 9.60. The molecule has 0 saturated carbocycles. The second-order valence-corrected chi connectivity index (χ2v) is 8.15. The van der Waals surface area contributed by atoms with E-state index in [1.165, 1.54) is 0 Å². The van der Waals surface area contributed by atoms with Gasteiger partial charge in [0.2, 0.25) is 10.0 Å². The molecule has 6 heteroatoms. The molecule has 1 aromatic carbocycles. The summed E-state index contributed by atoms with van der Waals surface area (Å²) in [6.45, 7) is 4.51. The van der Waals surface area contributed by atoms with E-state index in [4.69, 9.17) is 0 Å². The summed E-state index contributed by atoms with van der Waals surface area (Å²) in [5, 5.41) is 3.02. The molecule has 0 aliphatic carbocycles. The Kier molecular flexibility index (Phi) is 4.60. The standard InChI is InChI=1S/C18H23N3O2S/c1-13-6-8-15(9-7-13)24(22,23)21-10-4-5-17(21)16-12-20-18(19-3)11-14(16)2/h6-9,11-12,17H,4-5,10H2,1-3H3,(H,19,20)/t17-/m1/s1. The number of sulfonamides is 1. The van der Waals surface area contributed by atoms with Crippen LogP contribution in [-0.4, -0.2) is 31.3 Å². The second-order valence-electron chi connectivity index (χ2n) is 6.26. The Bertz CT molecular complexity index is 832. The van der Waals surface area contributed by atoms with Crippen LogP contribution in [0.25, 0.3) is 0 Å². The van der Waals surface area contributed by atoms with Gasteiger partial charge in [0.1, 0.15) is 5.82 Å². The van der Waals surface area contributed by atoms with E-state index in [0.717, 1.165) is 35.3 Å². The quantitative estimate of drug-likeness (QED) is 0.924. The van der Waals surface area contributed by atoms with Crippen molar-refractivity contribution in [1.82, 2.24) is 9.29 Å². The highest BCUT2D eigenvalue weighted by atomic mass is 32.2. The van der Waals surface area contributed by atoms with Gasteiger partial charge in [0.15, 0.2) is 0 Å². The summed E-state index contributed by atoms with van der Waals surface area (Å²) >= 11 is 0. The van der Waals surface area contributed by atoms with Gasteiger partial charge in [-0.15, -0.1) is 0 Å². The van der Waals surface area contributed by atoms with Gasteiger partial charge in [-0.05, 0) is 56.0 Å². The van der Waals surface area contributed by atoms with Crippen LogP contribution in [0, 0.1) is 13.8 Å². The van der Waals surface area contributed by atoms with E-state index in [2.05, 4.69) is 10.3 Å². The Labute approximate surface area is 143 Å². The van der Waals surface area contributed by atoms with E-state index in [0.29, 0.717) is 11.4 Å². The fraction of sp³-hybridized carbons (Fsp3) is 0.389. The summed E-state index contributed by atoms with van der Waals surface area (Å²) < 4.78 is 27.7. The van der Waals surface area contributed by atoms with Gasteiger partial charge < -0.3 is 5.32 Å². The molecule has 1 fully saturated rings. The number of hydrogen-bond donors (Lipinski definition) is 1. The third-order valence-corrected chi connectivity index (χ3v) is 6.52. The van der Waals surface area contributed by atoms with E-state index in [-0.39, 0.29) is 6.04 Å². The third kappa shape index (κ3) is 3.03. The first kappa shape index (κ1) is 16.9. The van der Waals surface area contributed by atoms with Crippen LogP contribution in [0.3, 0.4) is 0 Å². The van der Waals surface area contributed by atoms with Gasteiger partial charge >= 0.3 is 0 Å². The Morgan fingerprint density at radius 2 is 1.92 bits per heavy atom. The molecule has 0 unspecified atom stereocenters. The molecular weight excluding hydrogens is 322 g/mol. The van der Waals surface area contributed by atoms with Gasteiger partial charge in [0.05, 0.1) is 10.9 Å². The number of rotatable bonds is 4. The normalized spacial score (nSPS) is 18.7. The number of hydrogen-bond acceptors (Lipinski definition) is 4. The highest BCUT2D eigenvalue weighted by molar-refractivity contribution is 7.89. The number of nitrogens with zero attached hydrogens (tertiary/aromatic N) is 2. The van der Waals surface area contributed by atoms with Crippen LogP contribution in [0.1, 0.15) is 35.6 Å². The highest BCUT2D eigenvalue weighted by Crippen LogP contribution is 2.37. The van der Waals surface area contributed by atoms with Gasteiger partial charge in [-0.25, -0.2) is 13.4 Å². The molecule has 1 aliphatic rings. The minimum Gasteiger partial charge on any atom is -0.373 e. The molecule has 0 spiro atoms. The average Bonchev–Trinajstić information content (AvgIpc) is 3.05. The maximum atomic E-state index is 13.1. The molecule has 24 heavy (non-hydrogen) atoms. The van der Waals surface area contributed by atoms with E-state index in [1.54, 1.807) is 22.6 Å². The number of pyridine rings is 1. The van der Waals surface area contributed by atoms with Crippen LogP contribution in [0.4, 0.5) is 5.82 Å². The molecule has 0 amide bonds. The maximum Gasteiger partial charge on any atom is 0.243 e. The zero-order chi connectivity index (χ0) is 17.3. The van der Waals surface area contributed by atoms with E-state index in [1.807, 2.05) is 39.1 Å². The average molecular weight is 345 g/mol. The molecule has 2 aromatic rings. The molecule has 1 aliphatic heterocycles. The molecule has 1 aromatic heterocycles. The van der Waals surface area contributed by atoms with E-state index >= 15 is 0 Å². The van der Waals surface area contributed by atoms with Crippen molar-refractivity contribution >= 4 is 15.8 Å². The smallest absolute Gasteiger partial charge is 0.243 e. The lowest BCUT2D eigenvalue weighted by molar-refractivity contribution is 0.395. The molecule has 5 nitrogen and oxygen atoms in total. The summed E-state index contributed by atoms with van der Waals surface area (Å²) in [6, 6.07) is 8.88. The largest absolute Gasteiger partial charge is 0.373 e. The van der Waals surface area contributed by atoms with Crippen molar-refractivity contribution in [1.29, 1.82) is 0 Å². The number of aromatic nitrogens is 1. The maximum absolute atomic E-state index is 13.1. The van der Waals surface area contributed by atoms with Crippen LogP contribution in [-0.2, 0) is 10.0 Å². The van der Waals surface area contributed by atoms with Crippen LogP contribution >= 0.6 is 0 Å². The van der Waals surface area contributed by atoms with Crippen LogP contribution < -0.4 is 5.32 Å². The topological polar surface area (TPSA) is 62.3 Å². The predicted molar refractivity (Wildman–Crippen MR) is 95.6 cm³/mol. The second kappa shape index (κ2) is 6.53. The molecule has 128 valence electrons. The van der Waals surface area contributed by atoms with Crippen molar-refractivity contribution in [2.75, 3.05) is 18.9 Å². The lowest BCUT2D eigenvalue weighted by atomic mass is 10.0. The van der Waals surface area contributed by atoms with E-state index < -0.39 is 10.0 Å². The zero-order valence-corrected chi connectivity index (χ0v) is 15.1. The Morgan fingerprint density at radius 3 is 2.54 bits per heavy atom. The first-order valence-electron chi connectivity index (χ1n) is 8.16. The molecule has 0 radical (unpaired) electrons. The minimum atomic E-state index is -3.50. The Balaban J connectivity index is 1.97. The third-order valence-electron chi connectivity index (χ3n) is 4.60. The lowest BCUT2D eigenvalue weighted by Gasteiger charge is -2.25. The number of aryl methyl sites for hydroxylation is 2. The van der Waals surface area contributed by atoms with Crippen molar-refractivity contribution in [3.05, 3.63) is 53.2 Å². The summed E-state index contributed by atoms with van der Waals surface area (Å²) in [5.74, 6) is 0.794. The van der Waals surface area contributed by atoms with E-state index in [9.17, 15) is 8.42 Å². The Morgan fingerprint density at radius 1 is 1.21 bits per heavy atom. The van der Waals surface area contributed by atoms with Crippen molar-refractivity contribution < 1.29 is 8.42 Å².